The highest BCUT2D eigenvalue weighted by Crippen LogP contribution is 2.27. The van der Waals surface area contributed by atoms with E-state index in [1.807, 2.05) is 0 Å². The van der Waals surface area contributed by atoms with Crippen LogP contribution in [0, 0.1) is 18.7 Å². The topological polar surface area (TPSA) is 66.4 Å². The highest BCUT2D eigenvalue weighted by atomic mass is 32.2. The minimum Gasteiger partial charge on any atom is -0.392 e. The number of nitrogens with one attached hydrogen (secondary N) is 1. The molecule has 6 heteroatoms. The van der Waals surface area contributed by atoms with E-state index in [-0.39, 0.29) is 22.6 Å². The standard InChI is InChI=1S/C15H22FNO3S/c1-11-14(16)8-13(10-18)9-15(11)21(19,20)17-7-6-12-4-2-3-5-12/h8-9,12,17-18H,2-7,10H2,1H3. The van der Waals surface area contributed by atoms with Crippen LogP contribution in [0.3, 0.4) is 0 Å². The Balaban J connectivity index is 2.09. The Bertz CT molecular complexity index is 595. The minimum atomic E-state index is -3.74. The molecule has 1 aromatic carbocycles. The normalized spacial score (nSPS) is 16.5. The van der Waals surface area contributed by atoms with Gasteiger partial charge in [-0.2, -0.15) is 0 Å². The van der Waals surface area contributed by atoms with Crippen LogP contribution in [0.5, 0.6) is 0 Å². The fourth-order valence-corrected chi connectivity index (χ4v) is 4.20. The van der Waals surface area contributed by atoms with Crippen LogP contribution in [0.15, 0.2) is 17.0 Å². The Morgan fingerprint density at radius 3 is 2.62 bits per heavy atom. The first-order valence-electron chi connectivity index (χ1n) is 7.33. The second-order valence-electron chi connectivity index (χ2n) is 5.70. The predicted molar refractivity (Wildman–Crippen MR) is 78.8 cm³/mol. The predicted octanol–water partition coefficient (Wildman–Crippen LogP) is 2.49. The molecule has 0 saturated heterocycles. The smallest absolute Gasteiger partial charge is 0.240 e. The molecule has 0 atom stereocenters. The maximum absolute atomic E-state index is 13.7. The van der Waals surface area contributed by atoms with Gasteiger partial charge in [0.15, 0.2) is 0 Å². The van der Waals surface area contributed by atoms with E-state index in [1.54, 1.807) is 0 Å². The number of aliphatic hydroxyl groups is 1. The van der Waals surface area contributed by atoms with Crippen molar-refractivity contribution in [2.24, 2.45) is 5.92 Å². The van der Waals surface area contributed by atoms with Crippen molar-refractivity contribution in [3.63, 3.8) is 0 Å². The first-order valence-corrected chi connectivity index (χ1v) is 8.82. The van der Waals surface area contributed by atoms with Gasteiger partial charge in [0, 0.05) is 12.1 Å². The second kappa shape index (κ2) is 6.85. The van der Waals surface area contributed by atoms with E-state index in [4.69, 9.17) is 5.11 Å². The third kappa shape index (κ3) is 4.02. The van der Waals surface area contributed by atoms with E-state index in [0.29, 0.717) is 12.5 Å². The number of hydrogen-bond acceptors (Lipinski definition) is 3. The van der Waals surface area contributed by atoms with Crippen LogP contribution in [-0.2, 0) is 16.6 Å². The minimum absolute atomic E-state index is 0.0839. The molecular weight excluding hydrogens is 293 g/mol. The van der Waals surface area contributed by atoms with Crippen molar-refractivity contribution in [1.29, 1.82) is 0 Å². The van der Waals surface area contributed by atoms with Crippen molar-refractivity contribution in [3.8, 4) is 0 Å². The Kier molecular flexibility index (Phi) is 5.35. The molecule has 0 aliphatic heterocycles. The largest absolute Gasteiger partial charge is 0.392 e. The average Bonchev–Trinajstić information content (AvgIpc) is 2.94. The molecule has 0 spiro atoms. The fourth-order valence-electron chi connectivity index (χ4n) is 2.85. The van der Waals surface area contributed by atoms with Gasteiger partial charge in [0.2, 0.25) is 10.0 Å². The highest BCUT2D eigenvalue weighted by Gasteiger charge is 2.21. The van der Waals surface area contributed by atoms with Gasteiger partial charge in [-0.25, -0.2) is 17.5 Å². The molecule has 0 bridgehead atoms. The molecule has 0 radical (unpaired) electrons. The monoisotopic (exact) mass is 315 g/mol. The van der Waals surface area contributed by atoms with Crippen molar-refractivity contribution in [3.05, 3.63) is 29.1 Å². The van der Waals surface area contributed by atoms with Gasteiger partial charge < -0.3 is 5.11 Å². The van der Waals surface area contributed by atoms with Gasteiger partial charge in [-0.1, -0.05) is 25.7 Å². The Hall–Kier alpha value is -0.980. The molecule has 0 aromatic heterocycles. The third-order valence-electron chi connectivity index (χ3n) is 4.15. The van der Waals surface area contributed by atoms with Crippen LogP contribution >= 0.6 is 0 Å². The summed E-state index contributed by atoms with van der Waals surface area (Å²) >= 11 is 0. The first-order chi connectivity index (χ1) is 9.94. The van der Waals surface area contributed by atoms with Gasteiger partial charge in [0.05, 0.1) is 11.5 Å². The van der Waals surface area contributed by atoms with Gasteiger partial charge >= 0.3 is 0 Å². The number of sulfonamides is 1. The van der Waals surface area contributed by atoms with Crippen LogP contribution in [0.4, 0.5) is 4.39 Å². The Morgan fingerprint density at radius 1 is 1.33 bits per heavy atom. The molecule has 1 saturated carbocycles. The zero-order valence-electron chi connectivity index (χ0n) is 12.2. The molecule has 118 valence electrons. The lowest BCUT2D eigenvalue weighted by molar-refractivity contribution is 0.281. The summed E-state index contributed by atoms with van der Waals surface area (Å²) in [6.45, 7) is 1.42. The molecule has 4 nitrogen and oxygen atoms in total. The second-order valence-corrected chi connectivity index (χ2v) is 7.43. The summed E-state index contributed by atoms with van der Waals surface area (Å²) in [4.78, 5) is -0.0852. The highest BCUT2D eigenvalue weighted by molar-refractivity contribution is 7.89. The molecule has 0 unspecified atom stereocenters. The summed E-state index contributed by atoms with van der Waals surface area (Å²) in [5.74, 6) is -0.0213. The van der Waals surface area contributed by atoms with E-state index in [9.17, 15) is 12.8 Å². The molecule has 1 aliphatic carbocycles. The quantitative estimate of drug-likeness (QED) is 0.847. The zero-order valence-corrected chi connectivity index (χ0v) is 13.0. The van der Waals surface area contributed by atoms with Gasteiger partial charge in [0.25, 0.3) is 0 Å². The van der Waals surface area contributed by atoms with Gasteiger partial charge in [-0.05, 0) is 37.0 Å². The molecule has 2 N–H and O–H groups in total. The SMILES string of the molecule is Cc1c(F)cc(CO)cc1S(=O)(=O)NCCC1CCCC1. The van der Waals surface area contributed by atoms with Crippen LogP contribution in [0.1, 0.15) is 43.2 Å². The van der Waals surface area contributed by atoms with Crippen molar-refractivity contribution >= 4 is 10.0 Å². The summed E-state index contributed by atoms with van der Waals surface area (Å²) in [6.07, 6.45) is 5.59. The van der Waals surface area contributed by atoms with Gasteiger partial charge in [-0.3, -0.25) is 0 Å². The lowest BCUT2D eigenvalue weighted by atomic mass is 10.1. The van der Waals surface area contributed by atoms with Crippen LogP contribution in [0.25, 0.3) is 0 Å². The van der Waals surface area contributed by atoms with Crippen molar-refractivity contribution in [2.45, 2.75) is 50.5 Å². The summed E-state index contributed by atoms with van der Waals surface area (Å²) in [5, 5.41) is 9.08. The maximum atomic E-state index is 13.7. The zero-order chi connectivity index (χ0) is 15.5. The van der Waals surface area contributed by atoms with Crippen molar-refractivity contribution in [2.75, 3.05) is 6.54 Å². The molecule has 0 amide bonds. The molecule has 1 aromatic rings. The van der Waals surface area contributed by atoms with E-state index >= 15 is 0 Å². The van der Waals surface area contributed by atoms with Crippen molar-refractivity contribution in [1.82, 2.24) is 4.72 Å². The van der Waals surface area contributed by atoms with E-state index in [0.717, 1.165) is 25.3 Å². The van der Waals surface area contributed by atoms with Crippen LogP contribution in [-0.4, -0.2) is 20.1 Å². The third-order valence-corrected chi connectivity index (χ3v) is 5.74. The fraction of sp³-hybridized carbons (Fsp3) is 0.600. The van der Waals surface area contributed by atoms with Gasteiger partial charge in [0.1, 0.15) is 5.82 Å². The lowest BCUT2D eigenvalue weighted by Gasteiger charge is -2.13. The number of halogens is 1. The Labute approximate surface area is 125 Å². The number of aliphatic hydroxyl groups excluding tert-OH is 1. The lowest BCUT2D eigenvalue weighted by Crippen LogP contribution is -2.27. The summed E-state index contributed by atoms with van der Waals surface area (Å²) in [7, 11) is -3.74. The Morgan fingerprint density at radius 2 is 2.00 bits per heavy atom. The summed E-state index contributed by atoms with van der Waals surface area (Å²) in [6, 6.07) is 2.49. The first kappa shape index (κ1) is 16.4. The molecule has 1 fully saturated rings. The van der Waals surface area contributed by atoms with E-state index in [1.165, 1.54) is 25.8 Å². The van der Waals surface area contributed by atoms with Crippen LogP contribution < -0.4 is 4.72 Å². The number of benzene rings is 1. The molecule has 2 rings (SSSR count). The van der Waals surface area contributed by atoms with Crippen molar-refractivity contribution < 1.29 is 17.9 Å². The summed E-state index contributed by atoms with van der Waals surface area (Å²) < 4.78 is 40.8. The van der Waals surface area contributed by atoms with E-state index in [2.05, 4.69) is 4.72 Å². The summed E-state index contributed by atoms with van der Waals surface area (Å²) in [5.41, 5.74) is 0.342. The van der Waals surface area contributed by atoms with Gasteiger partial charge in [-0.15, -0.1) is 0 Å². The average molecular weight is 315 g/mol. The molecule has 0 heterocycles. The van der Waals surface area contributed by atoms with E-state index < -0.39 is 15.8 Å². The number of rotatable bonds is 6. The molecule has 21 heavy (non-hydrogen) atoms. The molecular formula is C15H22FNO3S. The number of hydrogen-bond donors (Lipinski definition) is 2. The van der Waals surface area contributed by atoms with Crippen LogP contribution in [0.2, 0.25) is 0 Å². The molecule has 1 aliphatic rings. The maximum Gasteiger partial charge on any atom is 0.240 e.